The molecule has 0 aliphatic heterocycles. The van der Waals surface area contributed by atoms with Gasteiger partial charge in [-0.15, -0.1) is 0 Å². The summed E-state index contributed by atoms with van der Waals surface area (Å²) in [5.74, 6) is -35.6. The zero-order valence-corrected chi connectivity index (χ0v) is 14.2. The standard InChI is InChI=1S/C15H9F11O4/c1-29-7-2-4-8(5-3-7)30-9(6-10(27)28)11(16,17)12(18,19)13(20,21)14(22,23)15(24,25)26/h2-6H,1H3,(H,27,28)/b9-6-. The molecule has 0 bridgehead atoms. The molecule has 0 unspecified atom stereocenters. The Morgan fingerprint density at radius 1 is 0.800 bits per heavy atom. The van der Waals surface area contributed by atoms with Gasteiger partial charge in [0.2, 0.25) is 0 Å². The molecule has 0 aliphatic rings. The first-order valence-electron chi connectivity index (χ1n) is 7.18. The lowest BCUT2D eigenvalue weighted by atomic mass is 9.96. The van der Waals surface area contributed by atoms with Gasteiger partial charge >= 0.3 is 35.8 Å². The molecule has 0 saturated carbocycles. The molecule has 0 fully saturated rings. The summed E-state index contributed by atoms with van der Waals surface area (Å²) in [6.07, 6.45) is -8.23. The zero-order valence-electron chi connectivity index (χ0n) is 14.2. The van der Waals surface area contributed by atoms with Crippen molar-refractivity contribution in [3.63, 3.8) is 0 Å². The highest BCUT2D eigenvalue weighted by atomic mass is 19.4. The van der Waals surface area contributed by atoms with Crippen molar-refractivity contribution in [3.8, 4) is 11.5 Å². The molecule has 170 valence electrons. The fraction of sp³-hybridized carbons (Fsp3) is 0.400. The number of hydrogen-bond donors (Lipinski definition) is 1. The van der Waals surface area contributed by atoms with Crippen molar-refractivity contribution in [2.24, 2.45) is 0 Å². The first-order chi connectivity index (χ1) is 13.3. The average Bonchev–Trinajstić information content (AvgIpc) is 2.59. The molecule has 0 aromatic heterocycles. The minimum atomic E-state index is -7.71. The van der Waals surface area contributed by atoms with Crippen LogP contribution in [0.5, 0.6) is 11.5 Å². The lowest BCUT2D eigenvalue weighted by molar-refractivity contribution is -0.419. The Morgan fingerprint density at radius 3 is 1.60 bits per heavy atom. The molecule has 1 N–H and O–H groups in total. The van der Waals surface area contributed by atoms with Crippen molar-refractivity contribution in [2.45, 2.75) is 29.9 Å². The molecule has 0 spiro atoms. The van der Waals surface area contributed by atoms with Crippen molar-refractivity contribution in [2.75, 3.05) is 7.11 Å². The highest BCUT2D eigenvalue weighted by molar-refractivity contribution is 5.80. The van der Waals surface area contributed by atoms with Gasteiger partial charge in [0.25, 0.3) is 0 Å². The molecule has 0 amide bonds. The number of rotatable bonds is 8. The van der Waals surface area contributed by atoms with E-state index in [1.807, 2.05) is 0 Å². The van der Waals surface area contributed by atoms with Gasteiger partial charge in [-0.05, 0) is 24.3 Å². The fourth-order valence-corrected chi connectivity index (χ4v) is 1.79. The van der Waals surface area contributed by atoms with Gasteiger partial charge in [0, 0.05) is 0 Å². The molecule has 30 heavy (non-hydrogen) atoms. The third kappa shape index (κ3) is 4.23. The second kappa shape index (κ2) is 7.83. The Balaban J connectivity index is 3.52. The van der Waals surface area contributed by atoms with E-state index in [0.29, 0.717) is 12.1 Å². The maximum Gasteiger partial charge on any atom is 0.460 e. The Morgan fingerprint density at radius 2 is 1.23 bits per heavy atom. The van der Waals surface area contributed by atoms with Crippen LogP contribution in [0.1, 0.15) is 0 Å². The van der Waals surface area contributed by atoms with Crippen LogP contribution in [0.3, 0.4) is 0 Å². The van der Waals surface area contributed by atoms with E-state index in [1.54, 1.807) is 0 Å². The summed E-state index contributed by atoms with van der Waals surface area (Å²) in [6, 6.07) is 3.31. The largest absolute Gasteiger partial charge is 0.497 e. The summed E-state index contributed by atoms with van der Waals surface area (Å²) in [5, 5.41) is 8.49. The van der Waals surface area contributed by atoms with Crippen molar-refractivity contribution in [1.82, 2.24) is 0 Å². The van der Waals surface area contributed by atoms with Crippen LogP contribution in [0, 0.1) is 0 Å². The van der Waals surface area contributed by atoms with Gasteiger partial charge in [-0.1, -0.05) is 0 Å². The number of benzene rings is 1. The van der Waals surface area contributed by atoms with E-state index in [2.05, 4.69) is 9.47 Å². The smallest absolute Gasteiger partial charge is 0.460 e. The van der Waals surface area contributed by atoms with Gasteiger partial charge in [-0.2, -0.15) is 48.3 Å². The van der Waals surface area contributed by atoms with E-state index in [1.165, 1.54) is 0 Å². The Labute approximate surface area is 159 Å². The number of ether oxygens (including phenoxy) is 2. The van der Waals surface area contributed by atoms with Gasteiger partial charge in [-0.3, -0.25) is 0 Å². The van der Waals surface area contributed by atoms with Crippen molar-refractivity contribution < 1.29 is 67.7 Å². The SMILES string of the molecule is COc1ccc(O/C(=C\C(=O)O)C(F)(F)C(F)(F)C(F)(F)C(F)(F)C(F)(F)F)cc1. The summed E-state index contributed by atoms with van der Waals surface area (Å²) in [7, 11) is 1.14. The van der Waals surface area contributed by atoms with Crippen LogP contribution in [0.25, 0.3) is 0 Å². The summed E-state index contributed by atoms with van der Waals surface area (Å²) < 4.78 is 153. The van der Waals surface area contributed by atoms with Crippen LogP contribution in [0.2, 0.25) is 0 Å². The first kappa shape index (κ1) is 25.3. The summed E-state index contributed by atoms with van der Waals surface area (Å²) in [4.78, 5) is 10.6. The second-order valence-corrected chi connectivity index (χ2v) is 5.42. The molecule has 4 nitrogen and oxygen atoms in total. The van der Waals surface area contributed by atoms with Gasteiger partial charge in [-0.25, -0.2) is 4.79 Å². The van der Waals surface area contributed by atoms with Crippen molar-refractivity contribution >= 4 is 5.97 Å². The lowest BCUT2D eigenvalue weighted by Crippen LogP contribution is -2.67. The molecule has 15 heteroatoms. The zero-order chi connectivity index (χ0) is 23.8. The number of hydrogen-bond acceptors (Lipinski definition) is 3. The number of halogens is 11. The molecule has 1 aromatic carbocycles. The van der Waals surface area contributed by atoms with E-state index in [-0.39, 0.29) is 5.75 Å². The van der Waals surface area contributed by atoms with Crippen LogP contribution in [-0.4, -0.2) is 48.1 Å². The first-order valence-corrected chi connectivity index (χ1v) is 7.18. The predicted octanol–water partition coefficient (Wildman–Crippen LogP) is 5.15. The van der Waals surface area contributed by atoms with Gasteiger partial charge in [0.1, 0.15) is 11.5 Å². The van der Waals surface area contributed by atoms with Gasteiger partial charge in [0.05, 0.1) is 13.2 Å². The molecule has 0 heterocycles. The number of allylic oxidation sites excluding steroid dienone is 1. The van der Waals surface area contributed by atoms with Crippen molar-refractivity contribution in [3.05, 3.63) is 36.1 Å². The molecule has 0 radical (unpaired) electrons. The van der Waals surface area contributed by atoms with E-state index in [0.717, 1.165) is 19.2 Å². The monoisotopic (exact) mass is 462 g/mol. The highest BCUT2D eigenvalue weighted by Gasteiger charge is 2.88. The summed E-state index contributed by atoms with van der Waals surface area (Å²) in [5.41, 5.74) is 0. The average molecular weight is 462 g/mol. The number of carboxylic acid groups (broad SMARTS) is 1. The maximum atomic E-state index is 14.1. The minimum Gasteiger partial charge on any atom is -0.497 e. The molecule has 0 aliphatic carbocycles. The Bertz CT molecular complexity index is 798. The maximum absolute atomic E-state index is 14.1. The van der Waals surface area contributed by atoms with Crippen LogP contribution in [-0.2, 0) is 4.79 Å². The van der Waals surface area contributed by atoms with E-state index < -0.39 is 53.4 Å². The number of carbonyl (C=O) groups is 1. The number of methoxy groups -OCH3 is 1. The quantitative estimate of drug-likeness (QED) is 0.330. The van der Waals surface area contributed by atoms with Crippen LogP contribution in [0.15, 0.2) is 36.1 Å². The normalized spacial score (nSPS) is 14.5. The topological polar surface area (TPSA) is 55.8 Å². The Kier molecular flexibility index (Phi) is 6.60. The molecule has 0 saturated heterocycles. The van der Waals surface area contributed by atoms with E-state index >= 15 is 0 Å². The van der Waals surface area contributed by atoms with E-state index in [9.17, 15) is 53.1 Å². The van der Waals surface area contributed by atoms with Crippen LogP contribution in [0.4, 0.5) is 48.3 Å². The molecule has 1 rings (SSSR count). The third-order valence-corrected chi connectivity index (χ3v) is 3.39. The van der Waals surface area contributed by atoms with Gasteiger partial charge < -0.3 is 14.6 Å². The predicted molar refractivity (Wildman–Crippen MR) is 75.2 cm³/mol. The van der Waals surface area contributed by atoms with Crippen molar-refractivity contribution in [1.29, 1.82) is 0 Å². The van der Waals surface area contributed by atoms with E-state index in [4.69, 9.17) is 5.11 Å². The molecule has 0 atom stereocenters. The molecular weight excluding hydrogens is 453 g/mol. The number of carboxylic acids is 1. The van der Waals surface area contributed by atoms with Crippen LogP contribution < -0.4 is 9.47 Å². The fourth-order valence-electron chi connectivity index (χ4n) is 1.79. The minimum absolute atomic E-state index is 0.0413. The number of alkyl halides is 11. The molecular formula is C15H9F11O4. The highest BCUT2D eigenvalue weighted by Crippen LogP contribution is 2.58. The number of aliphatic carboxylic acids is 1. The Hall–Kier alpha value is -2.74. The van der Waals surface area contributed by atoms with Gasteiger partial charge in [0.15, 0.2) is 5.76 Å². The lowest BCUT2D eigenvalue weighted by Gasteiger charge is -2.37. The van der Waals surface area contributed by atoms with Crippen LogP contribution >= 0.6 is 0 Å². The third-order valence-electron chi connectivity index (χ3n) is 3.39. The second-order valence-electron chi connectivity index (χ2n) is 5.42. The summed E-state index contributed by atoms with van der Waals surface area (Å²) >= 11 is 0. The summed E-state index contributed by atoms with van der Waals surface area (Å²) in [6.45, 7) is 0. The molecule has 1 aromatic rings.